The van der Waals surface area contributed by atoms with Gasteiger partial charge in [0.05, 0.1) is 25.5 Å². The maximum atomic E-state index is 11.9. The summed E-state index contributed by atoms with van der Waals surface area (Å²) in [6, 6.07) is 9.09. The Balaban J connectivity index is 2.56. The molecule has 0 N–H and O–H groups in total. The van der Waals surface area contributed by atoms with Crippen LogP contribution in [0.25, 0.3) is 22.0 Å². The minimum Gasteiger partial charge on any atom is -0.312 e. The molecular formula is C14H5Cl4NO2. The lowest BCUT2D eigenvalue weighted by Gasteiger charge is -2.10. The summed E-state index contributed by atoms with van der Waals surface area (Å²) < 4.78 is 4.81. The Hall–Kier alpha value is -1.26. The third kappa shape index (κ3) is 2.30. The molecule has 3 rings (SSSR count). The number of hydrogen-bond acceptors (Lipinski definition) is 3. The molecule has 0 aliphatic carbocycles. The van der Waals surface area contributed by atoms with Crippen molar-refractivity contribution in [1.29, 1.82) is 0 Å². The largest absolute Gasteiger partial charge is 0.368 e. The molecule has 106 valence electrons. The molecule has 3 aromatic rings. The van der Waals surface area contributed by atoms with Gasteiger partial charge in [-0.3, -0.25) is 0 Å². The van der Waals surface area contributed by atoms with Crippen molar-refractivity contribution in [2.75, 3.05) is 0 Å². The highest BCUT2D eigenvalue weighted by Gasteiger charge is 2.22. The average Bonchev–Trinajstić information content (AvgIpc) is 2.51. The van der Waals surface area contributed by atoms with E-state index >= 15 is 0 Å². The lowest BCUT2D eigenvalue weighted by atomic mass is 10.1. The van der Waals surface area contributed by atoms with Crippen molar-refractivity contribution in [3.8, 4) is 11.3 Å². The van der Waals surface area contributed by atoms with E-state index in [2.05, 4.69) is 5.16 Å². The van der Waals surface area contributed by atoms with E-state index in [0.29, 0.717) is 16.6 Å². The molecule has 7 heteroatoms. The molecule has 0 saturated heterocycles. The lowest BCUT2D eigenvalue weighted by Crippen LogP contribution is -2.04. The van der Waals surface area contributed by atoms with Crippen molar-refractivity contribution in [3.05, 3.63) is 60.8 Å². The van der Waals surface area contributed by atoms with Crippen LogP contribution < -0.4 is 5.63 Å². The Morgan fingerprint density at radius 1 is 0.810 bits per heavy atom. The standard InChI is InChI=1S/C14H5Cl4NO2/c15-9-7-8(10(16)12(18)11(9)17)14(20)21-19-13(7)6-4-2-1-3-5-6/h1-5H. The Bertz CT molecular complexity index is 906. The molecule has 0 fully saturated rings. The monoisotopic (exact) mass is 359 g/mol. The quantitative estimate of drug-likeness (QED) is 0.427. The maximum absolute atomic E-state index is 11.9. The SMILES string of the molecule is O=c1onc(-c2ccccc2)c2c(Cl)c(Cl)c(Cl)c(Cl)c12. The topological polar surface area (TPSA) is 43.1 Å². The molecule has 21 heavy (non-hydrogen) atoms. The maximum Gasteiger partial charge on any atom is 0.368 e. The fourth-order valence-corrected chi connectivity index (χ4v) is 3.04. The molecule has 0 aliphatic rings. The molecule has 0 radical (unpaired) electrons. The lowest BCUT2D eigenvalue weighted by molar-refractivity contribution is 0.380. The van der Waals surface area contributed by atoms with Crippen LogP contribution in [0.5, 0.6) is 0 Å². The summed E-state index contributed by atoms with van der Waals surface area (Å²) in [5.41, 5.74) is 0.355. The number of halogens is 4. The van der Waals surface area contributed by atoms with E-state index in [1.165, 1.54) is 0 Å². The van der Waals surface area contributed by atoms with Crippen LogP contribution in [0.2, 0.25) is 20.1 Å². The molecule has 2 aromatic carbocycles. The van der Waals surface area contributed by atoms with Gasteiger partial charge in [0.1, 0.15) is 5.69 Å². The highest BCUT2D eigenvalue weighted by Crippen LogP contribution is 2.44. The summed E-state index contributed by atoms with van der Waals surface area (Å²) in [6.07, 6.45) is 0. The van der Waals surface area contributed by atoms with Crippen molar-refractivity contribution in [2.45, 2.75) is 0 Å². The number of rotatable bonds is 1. The van der Waals surface area contributed by atoms with Crippen LogP contribution in [0.1, 0.15) is 0 Å². The van der Waals surface area contributed by atoms with Crippen molar-refractivity contribution in [1.82, 2.24) is 5.16 Å². The van der Waals surface area contributed by atoms with Gasteiger partial charge in [-0.05, 0) is 0 Å². The van der Waals surface area contributed by atoms with Crippen LogP contribution in [0.4, 0.5) is 0 Å². The number of aromatic nitrogens is 1. The van der Waals surface area contributed by atoms with E-state index in [9.17, 15) is 4.79 Å². The average molecular weight is 361 g/mol. The van der Waals surface area contributed by atoms with Gasteiger partial charge in [0.15, 0.2) is 0 Å². The zero-order valence-corrected chi connectivity index (χ0v) is 13.2. The molecule has 0 aliphatic heterocycles. The number of fused-ring (bicyclic) bond motifs is 1. The van der Waals surface area contributed by atoms with Gasteiger partial charge in [0.25, 0.3) is 0 Å². The molecule has 1 heterocycles. The first kappa shape index (κ1) is 14.7. The van der Waals surface area contributed by atoms with Crippen LogP contribution in [-0.2, 0) is 0 Å². The first-order valence-electron chi connectivity index (χ1n) is 5.73. The molecule has 0 bridgehead atoms. The van der Waals surface area contributed by atoms with Gasteiger partial charge < -0.3 is 4.52 Å². The van der Waals surface area contributed by atoms with E-state index in [1.807, 2.05) is 18.2 Å². The first-order chi connectivity index (χ1) is 10.0. The highest BCUT2D eigenvalue weighted by atomic mass is 35.5. The Morgan fingerprint density at radius 2 is 1.38 bits per heavy atom. The van der Waals surface area contributed by atoms with E-state index in [0.717, 1.165) is 0 Å². The van der Waals surface area contributed by atoms with E-state index in [-0.39, 0.29) is 25.5 Å². The second kappa shape index (κ2) is 5.50. The van der Waals surface area contributed by atoms with Gasteiger partial charge >= 0.3 is 5.63 Å². The summed E-state index contributed by atoms with van der Waals surface area (Å²) in [6.45, 7) is 0. The van der Waals surface area contributed by atoms with Crippen LogP contribution >= 0.6 is 46.4 Å². The van der Waals surface area contributed by atoms with Crippen molar-refractivity contribution in [2.24, 2.45) is 0 Å². The molecule has 0 spiro atoms. The number of nitrogens with zero attached hydrogens (tertiary/aromatic N) is 1. The predicted octanol–water partition coefficient (Wildman–Crippen LogP) is 5.47. The van der Waals surface area contributed by atoms with Gasteiger partial charge in [-0.1, -0.05) is 81.9 Å². The Kier molecular flexibility index (Phi) is 3.84. The summed E-state index contributed by atoms with van der Waals surface area (Å²) in [5.74, 6) is 0. The zero-order chi connectivity index (χ0) is 15.1. The molecular weight excluding hydrogens is 356 g/mol. The summed E-state index contributed by atoms with van der Waals surface area (Å²) >= 11 is 24.4. The fraction of sp³-hybridized carbons (Fsp3) is 0. The van der Waals surface area contributed by atoms with Gasteiger partial charge in [0.2, 0.25) is 0 Å². The zero-order valence-electron chi connectivity index (χ0n) is 10.2. The molecule has 1 aromatic heterocycles. The minimum atomic E-state index is -0.727. The van der Waals surface area contributed by atoms with Crippen molar-refractivity contribution < 1.29 is 4.52 Å². The third-order valence-electron chi connectivity index (χ3n) is 2.98. The van der Waals surface area contributed by atoms with Gasteiger partial charge in [-0.15, -0.1) is 0 Å². The normalized spacial score (nSPS) is 11.0. The van der Waals surface area contributed by atoms with Crippen molar-refractivity contribution >= 4 is 57.2 Å². The van der Waals surface area contributed by atoms with Crippen LogP contribution in [0.3, 0.4) is 0 Å². The van der Waals surface area contributed by atoms with E-state index < -0.39 is 5.63 Å². The summed E-state index contributed by atoms with van der Waals surface area (Å²) in [4.78, 5) is 11.9. The van der Waals surface area contributed by atoms with Crippen molar-refractivity contribution in [3.63, 3.8) is 0 Å². The van der Waals surface area contributed by atoms with Gasteiger partial charge in [-0.25, -0.2) is 4.79 Å². The molecule has 0 amide bonds. The predicted molar refractivity (Wildman–Crippen MR) is 85.8 cm³/mol. The van der Waals surface area contributed by atoms with Gasteiger partial charge in [-0.2, -0.15) is 0 Å². The Labute approximate surface area is 139 Å². The number of benzene rings is 2. The summed E-state index contributed by atoms with van der Waals surface area (Å²) in [5, 5.41) is 4.38. The second-order valence-electron chi connectivity index (χ2n) is 4.19. The van der Waals surface area contributed by atoms with E-state index in [1.54, 1.807) is 12.1 Å². The first-order valence-corrected chi connectivity index (χ1v) is 7.24. The second-order valence-corrected chi connectivity index (χ2v) is 5.70. The molecule has 0 atom stereocenters. The molecule has 3 nitrogen and oxygen atoms in total. The van der Waals surface area contributed by atoms with E-state index in [4.69, 9.17) is 50.9 Å². The number of hydrogen-bond donors (Lipinski definition) is 0. The van der Waals surface area contributed by atoms with Gasteiger partial charge in [0, 0.05) is 10.9 Å². The van der Waals surface area contributed by atoms with Crippen LogP contribution in [-0.4, -0.2) is 5.16 Å². The fourth-order valence-electron chi connectivity index (χ4n) is 2.02. The summed E-state index contributed by atoms with van der Waals surface area (Å²) in [7, 11) is 0. The third-order valence-corrected chi connectivity index (χ3v) is 4.78. The minimum absolute atomic E-state index is 0.00519. The highest BCUT2D eigenvalue weighted by molar-refractivity contribution is 6.55. The smallest absolute Gasteiger partial charge is 0.312 e. The molecule has 0 saturated carbocycles. The Morgan fingerprint density at radius 3 is 2.00 bits per heavy atom. The van der Waals surface area contributed by atoms with Crippen LogP contribution in [0, 0.1) is 0 Å². The molecule has 0 unspecified atom stereocenters. The van der Waals surface area contributed by atoms with Crippen LogP contribution in [0.15, 0.2) is 39.6 Å².